The number of nitrogens with one attached hydrogen (secondary N) is 1. The Hall–Kier alpha value is -2.35. The average molecular weight is 394 g/mol. The Balaban J connectivity index is 2.24. The summed E-state index contributed by atoms with van der Waals surface area (Å²) in [4.78, 5) is 12.0. The Morgan fingerprint density at radius 3 is 1.72 bits per heavy atom. The summed E-state index contributed by atoms with van der Waals surface area (Å²) in [6.45, 7) is 11.5. The van der Waals surface area contributed by atoms with Crippen LogP contribution in [0.1, 0.15) is 83.5 Å². The molecule has 0 aliphatic heterocycles. The number of allylic oxidation sites excluding steroid dienone is 7. The smallest absolute Gasteiger partial charge is 0.251 e. The maximum Gasteiger partial charge on any atom is 0.251 e. The summed E-state index contributed by atoms with van der Waals surface area (Å²) in [6.07, 6.45) is 15.8. The number of hydrogen-bond acceptors (Lipinski definition) is 1. The second-order valence-electron chi connectivity index (χ2n) is 8.12. The van der Waals surface area contributed by atoms with E-state index in [4.69, 9.17) is 0 Å². The first-order valence-electron chi connectivity index (χ1n) is 10.8. The van der Waals surface area contributed by atoms with Crippen molar-refractivity contribution in [1.29, 1.82) is 0 Å². The molecule has 0 spiro atoms. The minimum Gasteiger partial charge on any atom is -0.349 e. The monoisotopic (exact) mass is 393 g/mol. The molecule has 1 aromatic rings. The molecule has 1 aromatic carbocycles. The van der Waals surface area contributed by atoms with Crippen LogP contribution in [0.25, 0.3) is 0 Å². The third-order valence-corrected chi connectivity index (χ3v) is 4.90. The van der Waals surface area contributed by atoms with Gasteiger partial charge in [0.25, 0.3) is 5.91 Å². The second kappa shape index (κ2) is 14.6. The molecule has 0 atom stereocenters. The van der Waals surface area contributed by atoms with Crippen molar-refractivity contribution in [2.75, 3.05) is 6.54 Å². The summed E-state index contributed by atoms with van der Waals surface area (Å²) in [5.41, 5.74) is 6.38. The highest BCUT2D eigenvalue weighted by Gasteiger charge is 2.01. The molecule has 2 heteroatoms. The van der Waals surface area contributed by atoms with Crippen molar-refractivity contribution in [3.8, 4) is 0 Å². The van der Waals surface area contributed by atoms with Gasteiger partial charge >= 0.3 is 0 Å². The highest BCUT2D eigenvalue weighted by Crippen LogP contribution is 2.13. The van der Waals surface area contributed by atoms with Crippen molar-refractivity contribution >= 4 is 5.91 Å². The van der Waals surface area contributed by atoms with Crippen LogP contribution in [0.15, 0.2) is 76.9 Å². The molecular weight excluding hydrogens is 354 g/mol. The van der Waals surface area contributed by atoms with Gasteiger partial charge in [0.15, 0.2) is 0 Å². The molecule has 0 saturated carbocycles. The molecule has 29 heavy (non-hydrogen) atoms. The van der Waals surface area contributed by atoms with E-state index in [1.165, 1.54) is 28.7 Å². The lowest BCUT2D eigenvalue weighted by molar-refractivity contribution is 0.0958. The first-order chi connectivity index (χ1) is 13.9. The molecule has 1 amide bonds. The van der Waals surface area contributed by atoms with E-state index in [1.807, 2.05) is 30.3 Å². The van der Waals surface area contributed by atoms with Gasteiger partial charge in [-0.3, -0.25) is 4.79 Å². The van der Waals surface area contributed by atoms with Gasteiger partial charge in [-0.05, 0) is 85.3 Å². The molecule has 0 aromatic heterocycles. The molecule has 0 heterocycles. The van der Waals surface area contributed by atoms with E-state index in [2.05, 4.69) is 64.2 Å². The molecule has 0 unspecified atom stereocenters. The third-order valence-electron chi connectivity index (χ3n) is 4.90. The predicted molar refractivity (Wildman–Crippen MR) is 127 cm³/mol. The van der Waals surface area contributed by atoms with Gasteiger partial charge in [0, 0.05) is 12.1 Å². The zero-order chi connectivity index (χ0) is 21.5. The van der Waals surface area contributed by atoms with E-state index >= 15 is 0 Å². The SMILES string of the molecule is CC(C)=CCC/C(C)=C/CC/C(C)=C/CC/C(C)=C/CNC(=O)c1ccccc1. The number of carbonyl (C=O) groups excluding carboxylic acids is 1. The van der Waals surface area contributed by atoms with E-state index in [0.717, 1.165) is 32.1 Å². The first-order valence-corrected chi connectivity index (χ1v) is 10.8. The maximum atomic E-state index is 12.0. The van der Waals surface area contributed by atoms with Crippen molar-refractivity contribution in [1.82, 2.24) is 5.32 Å². The fraction of sp³-hybridized carbons (Fsp3) is 0.444. The van der Waals surface area contributed by atoms with Gasteiger partial charge in [-0.2, -0.15) is 0 Å². The number of benzene rings is 1. The molecule has 1 N–H and O–H groups in total. The van der Waals surface area contributed by atoms with Crippen LogP contribution in [-0.2, 0) is 0 Å². The lowest BCUT2D eigenvalue weighted by Crippen LogP contribution is -2.23. The summed E-state index contributed by atoms with van der Waals surface area (Å²) in [7, 11) is 0. The van der Waals surface area contributed by atoms with Gasteiger partial charge in [-0.15, -0.1) is 0 Å². The number of carbonyl (C=O) groups is 1. The second-order valence-corrected chi connectivity index (χ2v) is 8.12. The van der Waals surface area contributed by atoms with Crippen LogP contribution in [-0.4, -0.2) is 12.5 Å². The molecule has 0 fully saturated rings. The van der Waals surface area contributed by atoms with Crippen LogP contribution in [0.3, 0.4) is 0 Å². The Kier molecular flexibility index (Phi) is 12.4. The fourth-order valence-electron chi connectivity index (χ4n) is 3.00. The Morgan fingerprint density at radius 1 is 0.724 bits per heavy atom. The molecular formula is C27H39NO. The van der Waals surface area contributed by atoms with Crippen LogP contribution in [0.2, 0.25) is 0 Å². The Labute approximate surface area is 178 Å². The van der Waals surface area contributed by atoms with Crippen LogP contribution in [0.4, 0.5) is 0 Å². The number of amides is 1. The third kappa shape index (κ3) is 12.7. The molecule has 2 nitrogen and oxygen atoms in total. The van der Waals surface area contributed by atoms with Crippen LogP contribution < -0.4 is 5.32 Å². The number of rotatable bonds is 12. The molecule has 1 rings (SSSR count). The van der Waals surface area contributed by atoms with E-state index in [0.29, 0.717) is 12.1 Å². The van der Waals surface area contributed by atoms with Crippen molar-refractivity contribution < 1.29 is 4.79 Å². The Bertz CT molecular complexity index is 731. The summed E-state index contributed by atoms with van der Waals surface area (Å²) in [5, 5.41) is 2.95. The van der Waals surface area contributed by atoms with Gasteiger partial charge in [0.1, 0.15) is 0 Å². The highest BCUT2D eigenvalue weighted by molar-refractivity contribution is 5.94. The summed E-state index contributed by atoms with van der Waals surface area (Å²) < 4.78 is 0. The zero-order valence-electron chi connectivity index (χ0n) is 19.1. The molecule has 0 saturated heterocycles. The largest absolute Gasteiger partial charge is 0.349 e. The van der Waals surface area contributed by atoms with E-state index in [-0.39, 0.29) is 5.91 Å². The first kappa shape index (κ1) is 24.7. The van der Waals surface area contributed by atoms with Crippen molar-refractivity contribution in [2.45, 2.75) is 73.1 Å². The fourth-order valence-corrected chi connectivity index (χ4v) is 3.00. The van der Waals surface area contributed by atoms with Crippen molar-refractivity contribution in [3.63, 3.8) is 0 Å². The maximum absolute atomic E-state index is 12.0. The quantitative estimate of drug-likeness (QED) is 0.365. The van der Waals surface area contributed by atoms with Crippen LogP contribution in [0, 0.1) is 0 Å². The molecule has 0 radical (unpaired) electrons. The minimum atomic E-state index is -0.0189. The van der Waals surface area contributed by atoms with Gasteiger partial charge < -0.3 is 5.32 Å². The average Bonchev–Trinajstić information content (AvgIpc) is 2.68. The van der Waals surface area contributed by atoms with Crippen molar-refractivity contribution in [2.24, 2.45) is 0 Å². The normalized spacial score (nSPS) is 12.7. The molecule has 0 aliphatic rings. The van der Waals surface area contributed by atoms with Gasteiger partial charge in [0.05, 0.1) is 0 Å². The summed E-state index contributed by atoms with van der Waals surface area (Å²) >= 11 is 0. The lowest BCUT2D eigenvalue weighted by atomic mass is 10.0. The predicted octanol–water partition coefficient (Wildman–Crippen LogP) is 7.56. The number of hydrogen-bond donors (Lipinski definition) is 1. The topological polar surface area (TPSA) is 29.1 Å². The molecule has 158 valence electrons. The van der Waals surface area contributed by atoms with Gasteiger partial charge in [-0.1, -0.05) is 64.8 Å². The molecule has 0 bridgehead atoms. The van der Waals surface area contributed by atoms with E-state index < -0.39 is 0 Å². The summed E-state index contributed by atoms with van der Waals surface area (Å²) in [6, 6.07) is 9.34. The summed E-state index contributed by atoms with van der Waals surface area (Å²) in [5.74, 6) is -0.0189. The van der Waals surface area contributed by atoms with Crippen LogP contribution >= 0.6 is 0 Å². The lowest BCUT2D eigenvalue weighted by Gasteiger charge is -2.04. The highest BCUT2D eigenvalue weighted by atomic mass is 16.1. The van der Waals surface area contributed by atoms with Gasteiger partial charge in [-0.25, -0.2) is 0 Å². The molecule has 0 aliphatic carbocycles. The Morgan fingerprint density at radius 2 is 1.21 bits per heavy atom. The van der Waals surface area contributed by atoms with E-state index in [1.54, 1.807) is 0 Å². The van der Waals surface area contributed by atoms with Gasteiger partial charge in [0.2, 0.25) is 0 Å². The van der Waals surface area contributed by atoms with Crippen LogP contribution in [0.5, 0.6) is 0 Å². The standard InChI is InChI=1S/C27H39NO/c1-22(2)12-9-13-23(3)14-10-15-24(4)16-11-17-25(5)20-21-28-27(29)26-18-7-6-8-19-26/h6-8,12,14,16,18-20H,9-11,13,15,17,21H2,1-5H3,(H,28,29)/b23-14+,24-16+,25-20+. The zero-order valence-corrected chi connectivity index (χ0v) is 19.1. The van der Waals surface area contributed by atoms with E-state index in [9.17, 15) is 4.79 Å². The minimum absolute atomic E-state index is 0.0189. The van der Waals surface area contributed by atoms with Crippen molar-refractivity contribution in [3.05, 3.63) is 82.5 Å².